The van der Waals surface area contributed by atoms with Gasteiger partial charge in [-0.1, -0.05) is 6.92 Å². The minimum absolute atomic E-state index is 0.260. The van der Waals surface area contributed by atoms with Crippen molar-refractivity contribution in [2.24, 2.45) is 0 Å². The third-order valence-corrected chi connectivity index (χ3v) is 3.27. The summed E-state index contributed by atoms with van der Waals surface area (Å²) in [5, 5.41) is 5.86. The molecule has 0 bridgehead atoms. The highest BCUT2D eigenvalue weighted by molar-refractivity contribution is 6.06. The molecule has 2 heterocycles. The Hall–Kier alpha value is -1.82. The highest BCUT2D eigenvalue weighted by Crippen LogP contribution is 2.28. The summed E-state index contributed by atoms with van der Waals surface area (Å²) in [7, 11) is 0. The molecule has 6 heteroatoms. The molecular weight excluding hydrogens is 246 g/mol. The van der Waals surface area contributed by atoms with Crippen LogP contribution in [-0.2, 0) is 10.3 Å². The Morgan fingerprint density at radius 2 is 2.26 bits per heavy atom. The van der Waals surface area contributed by atoms with Crippen LogP contribution in [0.15, 0.2) is 22.8 Å². The highest BCUT2D eigenvalue weighted by atomic mass is 16.3. The van der Waals surface area contributed by atoms with E-state index in [4.69, 9.17) is 4.42 Å². The molecule has 1 fully saturated rings. The molecule has 1 aromatic rings. The molecule has 1 atom stereocenters. The van der Waals surface area contributed by atoms with Crippen molar-refractivity contribution in [3.8, 4) is 0 Å². The molecule has 2 N–H and O–H groups in total. The van der Waals surface area contributed by atoms with Gasteiger partial charge in [0.15, 0.2) is 5.54 Å². The van der Waals surface area contributed by atoms with E-state index >= 15 is 0 Å². The summed E-state index contributed by atoms with van der Waals surface area (Å²) >= 11 is 0. The number of carbonyl (C=O) groups excluding carboxylic acids is 2. The normalized spacial score (nSPS) is 22.9. The molecular formula is C13H19N3O3. The number of rotatable bonds is 6. The number of nitrogens with zero attached hydrogens (tertiary/aromatic N) is 1. The lowest BCUT2D eigenvalue weighted by Gasteiger charge is -2.19. The minimum atomic E-state index is -1.08. The van der Waals surface area contributed by atoms with Crippen molar-refractivity contribution in [1.82, 2.24) is 15.5 Å². The van der Waals surface area contributed by atoms with Crippen LogP contribution in [-0.4, -0.2) is 36.5 Å². The zero-order valence-corrected chi connectivity index (χ0v) is 11.2. The first-order valence-electron chi connectivity index (χ1n) is 6.48. The largest absolute Gasteiger partial charge is 0.466 e. The topological polar surface area (TPSA) is 74.6 Å². The van der Waals surface area contributed by atoms with Crippen LogP contribution in [0.4, 0.5) is 4.79 Å². The molecule has 0 aliphatic carbocycles. The van der Waals surface area contributed by atoms with Gasteiger partial charge in [-0.3, -0.25) is 9.69 Å². The van der Waals surface area contributed by atoms with Crippen LogP contribution >= 0.6 is 0 Å². The van der Waals surface area contributed by atoms with Crippen molar-refractivity contribution in [3.63, 3.8) is 0 Å². The Kier molecular flexibility index (Phi) is 3.90. The van der Waals surface area contributed by atoms with E-state index < -0.39 is 5.54 Å². The summed E-state index contributed by atoms with van der Waals surface area (Å²) in [6, 6.07) is 3.04. The fourth-order valence-electron chi connectivity index (χ4n) is 2.17. The summed E-state index contributed by atoms with van der Waals surface area (Å²) < 4.78 is 5.26. The molecule has 0 saturated carbocycles. The second-order valence-corrected chi connectivity index (χ2v) is 4.70. The fraction of sp³-hybridized carbons (Fsp3) is 0.538. The number of hydrogen-bond acceptors (Lipinski definition) is 4. The van der Waals surface area contributed by atoms with Crippen molar-refractivity contribution in [1.29, 1.82) is 0 Å². The second kappa shape index (κ2) is 5.44. The number of carbonyl (C=O) groups is 2. The van der Waals surface area contributed by atoms with Crippen LogP contribution in [0.5, 0.6) is 0 Å². The van der Waals surface area contributed by atoms with E-state index in [1.165, 1.54) is 11.2 Å². The maximum absolute atomic E-state index is 12.4. The van der Waals surface area contributed by atoms with Gasteiger partial charge in [0.05, 0.1) is 6.26 Å². The monoisotopic (exact) mass is 265 g/mol. The molecule has 19 heavy (non-hydrogen) atoms. The molecule has 104 valence electrons. The first-order chi connectivity index (χ1) is 9.09. The van der Waals surface area contributed by atoms with Crippen LogP contribution in [0.25, 0.3) is 0 Å². The van der Waals surface area contributed by atoms with E-state index in [0.29, 0.717) is 12.3 Å². The Morgan fingerprint density at radius 1 is 1.47 bits per heavy atom. The van der Waals surface area contributed by atoms with Gasteiger partial charge < -0.3 is 15.1 Å². The third-order valence-electron chi connectivity index (χ3n) is 3.27. The second-order valence-electron chi connectivity index (χ2n) is 4.70. The molecule has 1 aliphatic heterocycles. The molecule has 1 aliphatic rings. The lowest BCUT2D eigenvalue weighted by molar-refractivity contribution is -0.131. The van der Waals surface area contributed by atoms with Gasteiger partial charge in [0.25, 0.3) is 5.91 Å². The molecule has 3 amide bonds. The number of furan rings is 1. The number of nitrogens with one attached hydrogen (secondary N) is 2. The van der Waals surface area contributed by atoms with Gasteiger partial charge in [0.1, 0.15) is 5.76 Å². The molecule has 1 saturated heterocycles. The molecule has 6 nitrogen and oxygen atoms in total. The van der Waals surface area contributed by atoms with Gasteiger partial charge in [-0.2, -0.15) is 0 Å². The van der Waals surface area contributed by atoms with Gasteiger partial charge in [-0.05, 0) is 38.6 Å². The van der Waals surface area contributed by atoms with Crippen LogP contribution in [0, 0.1) is 0 Å². The summed E-state index contributed by atoms with van der Waals surface area (Å²) in [5.41, 5.74) is -1.08. The van der Waals surface area contributed by atoms with E-state index in [1.54, 1.807) is 19.1 Å². The third kappa shape index (κ3) is 2.49. The van der Waals surface area contributed by atoms with Crippen LogP contribution < -0.4 is 10.6 Å². The van der Waals surface area contributed by atoms with Gasteiger partial charge in [-0.15, -0.1) is 0 Å². The molecule has 1 unspecified atom stereocenters. The smallest absolute Gasteiger partial charge is 0.325 e. The summed E-state index contributed by atoms with van der Waals surface area (Å²) in [6.07, 6.45) is 2.23. The van der Waals surface area contributed by atoms with E-state index in [9.17, 15) is 9.59 Å². The predicted molar refractivity (Wildman–Crippen MR) is 69.5 cm³/mol. The lowest BCUT2D eigenvalue weighted by Crippen LogP contribution is -2.40. The van der Waals surface area contributed by atoms with Crippen LogP contribution in [0.3, 0.4) is 0 Å². The molecule has 0 aromatic carbocycles. The number of imide groups is 1. The van der Waals surface area contributed by atoms with Crippen molar-refractivity contribution in [2.45, 2.75) is 25.8 Å². The predicted octanol–water partition coefficient (Wildman–Crippen LogP) is 1.05. The number of hydrogen-bond donors (Lipinski definition) is 2. The first-order valence-corrected chi connectivity index (χ1v) is 6.48. The van der Waals surface area contributed by atoms with E-state index in [2.05, 4.69) is 10.6 Å². The SMILES string of the molecule is CCNCCCN1C(=O)NC(C)(c2ccco2)C1=O. The number of urea groups is 1. The van der Waals surface area contributed by atoms with Crippen molar-refractivity contribution < 1.29 is 14.0 Å². The van der Waals surface area contributed by atoms with Gasteiger partial charge in [-0.25, -0.2) is 4.79 Å². The molecule has 1 aromatic heterocycles. The van der Waals surface area contributed by atoms with E-state index in [1.807, 2.05) is 6.92 Å². The van der Waals surface area contributed by atoms with E-state index in [0.717, 1.165) is 19.5 Å². The van der Waals surface area contributed by atoms with Crippen molar-refractivity contribution in [3.05, 3.63) is 24.2 Å². The lowest BCUT2D eigenvalue weighted by atomic mass is 9.99. The maximum Gasteiger partial charge on any atom is 0.325 e. The molecule has 2 rings (SSSR count). The average molecular weight is 265 g/mol. The Balaban J connectivity index is 2.04. The molecule has 0 radical (unpaired) electrons. The summed E-state index contributed by atoms with van der Waals surface area (Å²) in [6.45, 7) is 5.75. The van der Waals surface area contributed by atoms with Gasteiger partial charge >= 0.3 is 6.03 Å². The van der Waals surface area contributed by atoms with Gasteiger partial charge in [0.2, 0.25) is 0 Å². The Bertz CT molecular complexity index is 458. The minimum Gasteiger partial charge on any atom is -0.466 e. The first kappa shape index (κ1) is 13.6. The Morgan fingerprint density at radius 3 is 2.89 bits per heavy atom. The quantitative estimate of drug-likeness (QED) is 0.595. The Labute approximate surface area is 112 Å². The number of amides is 3. The maximum atomic E-state index is 12.4. The van der Waals surface area contributed by atoms with Gasteiger partial charge in [0, 0.05) is 6.54 Å². The fourth-order valence-corrected chi connectivity index (χ4v) is 2.17. The summed E-state index contributed by atoms with van der Waals surface area (Å²) in [4.78, 5) is 25.5. The van der Waals surface area contributed by atoms with Crippen molar-refractivity contribution in [2.75, 3.05) is 19.6 Å². The summed E-state index contributed by atoms with van der Waals surface area (Å²) in [5.74, 6) is 0.198. The van der Waals surface area contributed by atoms with Crippen LogP contribution in [0.1, 0.15) is 26.0 Å². The standard InChI is InChI=1S/C13H19N3O3/c1-3-14-7-5-8-16-11(17)13(2,15-12(16)18)10-6-4-9-19-10/h4,6,9,14H,3,5,7-8H2,1-2H3,(H,15,18). The average Bonchev–Trinajstić information content (AvgIpc) is 2.97. The zero-order valence-electron chi connectivity index (χ0n) is 11.2. The zero-order chi connectivity index (χ0) is 13.9. The molecule has 0 spiro atoms. The highest BCUT2D eigenvalue weighted by Gasteiger charge is 2.50. The van der Waals surface area contributed by atoms with Crippen LogP contribution in [0.2, 0.25) is 0 Å². The van der Waals surface area contributed by atoms with E-state index in [-0.39, 0.29) is 11.9 Å². The van der Waals surface area contributed by atoms with Crippen molar-refractivity contribution >= 4 is 11.9 Å².